The molecule has 2 N–H and O–H groups in total. The molecule has 0 bridgehead atoms. The molecule has 3 aromatic heterocycles. The molecule has 4 aromatic rings. The fraction of sp³-hybridized carbons (Fsp3) is 0.227. The van der Waals surface area contributed by atoms with Crippen molar-refractivity contribution in [3.63, 3.8) is 0 Å². The average Bonchev–Trinajstić information content (AvgIpc) is 3.37. The summed E-state index contributed by atoms with van der Waals surface area (Å²) in [5, 5.41) is 14.8. The molecule has 0 fully saturated rings. The molecular formula is C22H20F3N5O2. The molecule has 0 spiro atoms. The third kappa shape index (κ3) is 4.22. The zero-order valence-electron chi connectivity index (χ0n) is 17.3. The number of hydrogen-bond donors (Lipinski definition) is 2. The van der Waals surface area contributed by atoms with Crippen LogP contribution in [0.25, 0.3) is 33.4 Å². The molecule has 4 rings (SSSR count). The highest BCUT2D eigenvalue weighted by atomic mass is 19.4. The molecule has 7 nitrogen and oxygen atoms in total. The lowest BCUT2D eigenvalue weighted by molar-refractivity contribution is -0.142. The van der Waals surface area contributed by atoms with E-state index in [2.05, 4.69) is 15.1 Å². The third-order valence-electron chi connectivity index (χ3n) is 5.06. The van der Waals surface area contributed by atoms with E-state index in [0.717, 1.165) is 4.68 Å². The standard InChI is InChI=1S/C22H20F3N5O2/c1-29(2)21(32)19(31)14-5-3-4-13(8-14)15-9-16-17(11-27-20(16)26-10-15)18-6-7-28-30(18)12-22(23,24)25/h3-11,19,31H,12H2,1-2H3,(H,26,27). The highest BCUT2D eigenvalue weighted by Crippen LogP contribution is 2.32. The summed E-state index contributed by atoms with van der Waals surface area (Å²) in [5.41, 5.74) is 3.19. The Bertz CT molecular complexity index is 1280. The van der Waals surface area contributed by atoms with E-state index in [1.54, 1.807) is 56.8 Å². The number of hydrogen-bond acceptors (Lipinski definition) is 4. The van der Waals surface area contributed by atoms with Gasteiger partial charge in [-0.2, -0.15) is 18.3 Å². The van der Waals surface area contributed by atoms with E-state index in [0.29, 0.717) is 39.0 Å². The maximum Gasteiger partial charge on any atom is 0.408 e. The van der Waals surface area contributed by atoms with Gasteiger partial charge in [-0.05, 0) is 29.3 Å². The summed E-state index contributed by atoms with van der Waals surface area (Å²) in [6.07, 6.45) is -1.16. The number of nitrogens with zero attached hydrogens (tertiary/aromatic N) is 4. The van der Waals surface area contributed by atoms with Crippen LogP contribution in [0.4, 0.5) is 13.2 Å². The molecule has 0 saturated carbocycles. The number of amides is 1. The summed E-state index contributed by atoms with van der Waals surface area (Å²) in [6, 6.07) is 10.2. The number of rotatable bonds is 5. The molecule has 0 aliphatic carbocycles. The Balaban J connectivity index is 1.74. The second kappa shape index (κ2) is 8.12. The lowest BCUT2D eigenvalue weighted by atomic mass is 10.00. The SMILES string of the molecule is CN(C)C(=O)C(O)c1cccc(-c2cnc3[nH]cc(-c4ccnn4CC(F)(F)F)c3c2)c1. The van der Waals surface area contributed by atoms with Crippen LogP contribution >= 0.6 is 0 Å². The Kier molecular flexibility index (Phi) is 5.47. The van der Waals surface area contributed by atoms with Gasteiger partial charge < -0.3 is 15.0 Å². The van der Waals surface area contributed by atoms with Crippen LogP contribution in [0.15, 0.2) is 55.0 Å². The Labute approximate surface area is 181 Å². The van der Waals surface area contributed by atoms with Crippen LogP contribution in [0.1, 0.15) is 11.7 Å². The van der Waals surface area contributed by atoms with Crippen molar-refractivity contribution < 1.29 is 23.1 Å². The van der Waals surface area contributed by atoms with E-state index in [9.17, 15) is 23.1 Å². The van der Waals surface area contributed by atoms with E-state index in [-0.39, 0.29) is 0 Å². The Hall–Kier alpha value is -3.66. The van der Waals surface area contributed by atoms with Crippen molar-refractivity contribution in [3.05, 3.63) is 60.6 Å². The minimum Gasteiger partial charge on any atom is -0.378 e. The van der Waals surface area contributed by atoms with Gasteiger partial charge in [0.05, 0.1) is 5.69 Å². The topological polar surface area (TPSA) is 87.0 Å². The Morgan fingerprint density at radius 3 is 2.72 bits per heavy atom. The second-order valence-electron chi connectivity index (χ2n) is 7.57. The van der Waals surface area contributed by atoms with E-state index in [1.807, 2.05) is 0 Å². The first-order valence-corrected chi connectivity index (χ1v) is 9.69. The van der Waals surface area contributed by atoms with E-state index >= 15 is 0 Å². The highest BCUT2D eigenvalue weighted by Gasteiger charge is 2.30. The smallest absolute Gasteiger partial charge is 0.378 e. The molecule has 0 aliphatic heterocycles. The van der Waals surface area contributed by atoms with E-state index < -0.39 is 24.7 Å². The molecule has 3 heterocycles. The Morgan fingerprint density at radius 1 is 1.22 bits per heavy atom. The molecule has 0 aliphatic rings. The average molecular weight is 443 g/mol. The summed E-state index contributed by atoms with van der Waals surface area (Å²) in [6.45, 7) is -1.20. The van der Waals surface area contributed by atoms with Crippen molar-refractivity contribution in [3.8, 4) is 22.4 Å². The molecule has 1 unspecified atom stereocenters. The van der Waals surface area contributed by atoms with Crippen molar-refractivity contribution in [2.24, 2.45) is 0 Å². The van der Waals surface area contributed by atoms with Gasteiger partial charge in [-0.15, -0.1) is 0 Å². The summed E-state index contributed by atoms with van der Waals surface area (Å²) in [4.78, 5) is 20.8. The van der Waals surface area contributed by atoms with Gasteiger partial charge >= 0.3 is 6.18 Å². The molecule has 1 atom stereocenters. The molecule has 0 saturated heterocycles. The quantitative estimate of drug-likeness (QED) is 0.492. The zero-order chi connectivity index (χ0) is 23.0. The van der Waals surface area contributed by atoms with Crippen molar-refractivity contribution in [1.82, 2.24) is 24.6 Å². The van der Waals surface area contributed by atoms with Crippen LogP contribution in [0.5, 0.6) is 0 Å². The second-order valence-corrected chi connectivity index (χ2v) is 7.57. The number of fused-ring (bicyclic) bond motifs is 1. The van der Waals surface area contributed by atoms with Gasteiger partial charge in [0.15, 0.2) is 6.10 Å². The number of carbonyl (C=O) groups is 1. The number of H-pyrrole nitrogens is 1. The van der Waals surface area contributed by atoms with Gasteiger partial charge in [-0.25, -0.2) is 4.98 Å². The van der Waals surface area contributed by atoms with Gasteiger partial charge in [0.2, 0.25) is 0 Å². The number of pyridine rings is 1. The van der Waals surface area contributed by atoms with Crippen molar-refractivity contribution in [2.45, 2.75) is 18.8 Å². The third-order valence-corrected chi connectivity index (χ3v) is 5.06. The normalized spacial score (nSPS) is 12.8. The number of aliphatic hydroxyl groups is 1. The molecule has 32 heavy (non-hydrogen) atoms. The predicted molar refractivity (Wildman–Crippen MR) is 112 cm³/mol. The number of aromatic nitrogens is 4. The van der Waals surface area contributed by atoms with Crippen LogP contribution in [0.3, 0.4) is 0 Å². The number of nitrogens with one attached hydrogen (secondary N) is 1. The first-order chi connectivity index (χ1) is 15.1. The maximum absolute atomic E-state index is 12.9. The fourth-order valence-electron chi connectivity index (χ4n) is 3.51. The summed E-state index contributed by atoms with van der Waals surface area (Å²) in [5.74, 6) is -0.443. The molecule has 1 aromatic carbocycles. The molecule has 10 heteroatoms. The van der Waals surface area contributed by atoms with Crippen molar-refractivity contribution in [2.75, 3.05) is 14.1 Å². The number of likely N-dealkylation sites (N-methyl/N-ethyl adjacent to an activating group) is 1. The van der Waals surface area contributed by atoms with Crippen LogP contribution in [0.2, 0.25) is 0 Å². The van der Waals surface area contributed by atoms with E-state index in [4.69, 9.17) is 0 Å². The number of aliphatic hydroxyl groups excluding tert-OH is 1. The van der Waals surface area contributed by atoms with Crippen LogP contribution in [-0.2, 0) is 11.3 Å². The number of carbonyl (C=O) groups excluding carboxylic acids is 1. The highest BCUT2D eigenvalue weighted by molar-refractivity contribution is 5.95. The number of benzene rings is 1. The largest absolute Gasteiger partial charge is 0.408 e. The minimum absolute atomic E-state index is 0.313. The molecule has 166 valence electrons. The van der Waals surface area contributed by atoms with Gasteiger partial charge in [0.25, 0.3) is 5.91 Å². The van der Waals surface area contributed by atoms with Crippen LogP contribution in [-0.4, -0.2) is 55.9 Å². The van der Waals surface area contributed by atoms with Crippen LogP contribution < -0.4 is 0 Å². The summed E-state index contributed by atoms with van der Waals surface area (Å²) >= 11 is 0. The summed E-state index contributed by atoms with van der Waals surface area (Å²) in [7, 11) is 3.12. The fourth-order valence-corrected chi connectivity index (χ4v) is 3.51. The zero-order valence-corrected chi connectivity index (χ0v) is 17.3. The van der Waals surface area contributed by atoms with Gasteiger partial charge in [-0.3, -0.25) is 9.48 Å². The number of aromatic amines is 1. The van der Waals surface area contributed by atoms with E-state index in [1.165, 1.54) is 17.2 Å². The lowest BCUT2D eigenvalue weighted by Gasteiger charge is -2.16. The monoisotopic (exact) mass is 443 g/mol. The number of halogens is 3. The van der Waals surface area contributed by atoms with Gasteiger partial charge in [-0.1, -0.05) is 18.2 Å². The van der Waals surface area contributed by atoms with Crippen molar-refractivity contribution >= 4 is 16.9 Å². The first-order valence-electron chi connectivity index (χ1n) is 9.69. The van der Waals surface area contributed by atoms with Gasteiger partial charge in [0.1, 0.15) is 12.2 Å². The number of alkyl halides is 3. The molecular weight excluding hydrogens is 423 g/mol. The summed E-state index contributed by atoms with van der Waals surface area (Å²) < 4.78 is 39.7. The van der Waals surface area contributed by atoms with Gasteiger partial charge in [0, 0.05) is 49.2 Å². The predicted octanol–water partition coefficient (Wildman–Crippen LogP) is 3.78. The first kappa shape index (κ1) is 21.6. The maximum atomic E-state index is 12.9. The molecule has 1 amide bonds. The minimum atomic E-state index is -4.40. The van der Waals surface area contributed by atoms with Crippen LogP contribution in [0, 0.1) is 0 Å². The Morgan fingerprint density at radius 2 is 2.00 bits per heavy atom. The lowest BCUT2D eigenvalue weighted by Crippen LogP contribution is -2.28. The van der Waals surface area contributed by atoms with Crippen molar-refractivity contribution in [1.29, 1.82) is 0 Å². The molecule has 0 radical (unpaired) electrons.